The number of nitrogens with one attached hydrogen (secondary N) is 1. The van der Waals surface area contributed by atoms with Crippen molar-refractivity contribution in [2.75, 3.05) is 23.7 Å². The molecule has 1 N–H and O–H groups in total. The first-order chi connectivity index (χ1) is 9.41. The summed E-state index contributed by atoms with van der Waals surface area (Å²) in [6.45, 7) is 2.40. The fraction of sp³-hybridized carbons (Fsp3) is 0.462. The molecular formula is C13H17ClN2O3S. The summed E-state index contributed by atoms with van der Waals surface area (Å²) in [7, 11) is -3.21. The first kappa shape index (κ1) is 15.3. The molecule has 0 aliphatic carbocycles. The maximum absolute atomic E-state index is 12.0. The van der Waals surface area contributed by atoms with E-state index in [1.54, 1.807) is 36.1 Å². The minimum atomic E-state index is -3.21. The van der Waals surface area contributed by atoms with Gasteiger partial charge in [0.2, 0.25) is 15.9 Å². The van der Waals surface area contributed by atoms with Crippen molar-refractivity contribution in [1.82, 2.24) is 4.72 Å². The standard InChI is InChI=1S/C13H17ClN2O3S/c1-2-20(18,19)15-8-10-7-13(17)16(9-10)12-5-3-11(14)4-6-12/h3-6,10,15H,2,7-9H2,1H3/t10-/m0/s1. The second-order valence-corrected chi connectivity index (χ2v) is 7.33. The van der Waals surface area contributed by atoms with Gasteiger partial charge < -0.3 is 4.90 Å². The van der Waals surface area contributed by atoms with Crippen LogP contribution in [0.1, 0.15) is 13.3 Å². The van der Waals surface area contributed by atoms with E-state index in [-0.39, 0.29) is 17.6 Å². The van der Waals surface area contributed by atoms with Crippen LogP contribution in [0.5, 0.6) is 0 Å². The van der Waals surface area contributed by atoms with Gasteiger partial charge in [-0.25, -0.2) is 13.1 Å². The smallest absolute Gasteiger partial charge is 0.227 e. The second-order valence-electron chi connectivity index (χ2n) is 4.80. The van der Waals surface area contributed by atoms with E-state index < -0.39 is 10.0 Å². The number of benzene rings is 1. The molecule has 20 heavy (non-hydrogen) atoms. The van der Waals surface area contributed by atoms with Crippen molar-refractivity contribution in [3.05, 3.63) is 29.3 Å². The highest BCUT2D eigenvalue weighted by Crippen LogP contribution is 2.25. The lowest BCUT2D eigenvalue weighted by Gasteiger charge is -2.17. The SMILES string of the molecule is CCS(=O)(=O)NC[C@@H]1CC(=O)N(c2ccc(Cl)cc2)C1. The van der Waals surface area contributed by atoms with E-state index in [2.05, 4.69) is 4.72 Å². The lowest BCUT2D eigenvalue weighted by Crippen LogP contribution is -2.32. The molecule has 110 valence electrons. The van der Waals surface area contributed by atoms with E-state index in [9.17, 15) is 13.2 Å². The van der Waals surface area contributed by atoms with E-state index >= 15 is 0 Å². The van der Waals surface area contributed by atoms with Gasteiger partial charge in [-0.3, -0.25) is 4.79 Å². The van der Waals surface area contributed by atoms with Gasteiger partial charge in [0.15, 0.2) is 0 Å². The summed E-state index contributed by atoms with van der Waals surface area (Å²) in [6, 6.07) is 7.05. The Morgan fingerprint density at radius 3 is 2.60 bits per heavy atom. The monoisotopic (exact) mass is 316 g/mol. The average molecular weight is 317 g/mol. The van der Waals surface area contributed by atoms with E-state index in [4.69, 9.17) is 11.6 Å². The molecule has 1 fully saturated rings. The summed E-state index contributed by atoms with van der Waals surface area (Å²) in [6.07, 6.45) is 0.356. The van der Waals surface area contributed by atoms with Gasteiger partial charge in [0.25, 0.3) is 0 Å². The molecule has 0 spiro atoms. The minimum Gasteiger partial charge on any atom is -0.312 e. The molecule has 2 rings (SSSR count). The molecule has 7 heteroatoms. The average Bonchev–Trinajstić information content (AvgIpc) is 2.79. The zero-order chi connectivity index (χ0) is 14.8. The molecular weight excluding hydrogens is 300 g/mol. The Kier molecular flexibility index (Phi) is 4.67. The number of amides is 1. The highest BCUT2D eigenvalue weighted by Gasteiger charge is 2.31. The van der Waals surface area contributed by atoms with Crippen LogP contribution in [0, 0.1) is 5.92 Å². The third-order valence-electron chi connectivity index (χ3n) is 3.32. The molecule has 0 bridgehead atoms. The van der Waals surface area contributed by atoms with Crippen molar-refractivity contribution in [3.63, 3.8) is 0 Å². The highest BCUT2D eigenvalue weighted by molar-refractivity contribution is 7.89. The molecule has 1 amide bonds. The summed E-state index contributed by atoms with van der Waals surface area (Å²) >= 11 is 5.82. The van der Waals surface area contributed by atoms with E-state index in [1.807, 2.05) is 0 Å². The number of nitrogens with zero attached hydrogens (tertiary/aromatic N) is 1. The highest BCUT2D eigenvalue weighted by atomic mass is 35.5. The molecule has 0 unspecified atom stereocenters. The van der Waals surface area contributed by atoms with Crippen LogP contribution in [-0.2, 0) is 14.8 Å². The molecule has 1 atom stereocenters. The van der Waals surface area contributed by atoms with Crippen LogP contribution >= 0.6 is 11.6 Å². The number of carbonyl (C=O) groups excluding carboxylic acids is 1. The van der Waals surface area contributed by atoms with Gasteiger partial charge in [-0.05, 0) is 37.1 Å². The van der Waals surface area contributed by atoms with Crippen LogP contribution in [0.2, 0.25) is 5.02 Å². The lowest BCUT2D eigenvalue weighted by atomic mass is 10.1. The van der Waals surface area contributed by atoms with E-state index in [0.29, 0.717) is 24.5 Å². The Balaban J connectivity index is 1.99. The fourth-order valence-electron chi connectivity index (χ4n) is 2.14. The summed E-state index contributed by atoms with van der Waals surface area (Å²) < 4.78 is 25.3. The largest absolute Gasteiger partial charge is 0.312 e. The molecule has 1 aromatic rings. The number of rotatable bonds is 5. The van der Waals surface area contributed by atoms with Gasteiger partial charge in [-0.15, -0.1) is 0 Å². The van der Waals surface area contributed by atoms with Gasteiger partial charge in [-0.1, -0.05) is 11.6 Å². The second kappa shape index (κ2) is 6.11. The van der Waals surface area contributed by atoms with Gasteiger partial charge in [0.05, 0.1) is 5.75 Å². The summed E-state index contributed by atoms with van der Waals surface area (Å²) in [5, 5.41) is 0.618. The topological polar surface area (TPSA) is 66.5 Å². The van der Waals surface area contributed by atoms with Crippen molar-refractivity contribution in [1.29, 1.82) is 0 Å². The molecule has 1 saturated heterocycles. The Morgan fingerprint density at radius 1 is 1.35 bits per heavy atom. The maximum atomic E-state index is 12.0. The van der Waals surface area contributed by atoms with E-state index in [0.717, 1.165) is 5.69 Å². The van der Waals surface area contributed by atoms with Crippen LogP contribution in [0.15, 0.2) is 24.3 Å². The number of hydrogen-bond donors (Lipinski definition) is 1. The molecule has 0 saturated carbocycles. The summed E-state index contributed by atoms with van der Waals surface area (Å²) in [5.41, 5.74) is 0.792. The molecule has 1 aromatic carbocycles. The molecule has 1 heterocycles. The van der Waals surface area contributed by atoms with Gasteiger partial charge >= 0.3 is 0 Å². The first-order valence-electron chi connectivity index (χ1n) is 6.44. The fourth-order valence-corrected chi connectivity index (χ4v) is 2.96. The molecule has 5 nitrogen and oxygen atoms in total. The minimum absolute atomic E-state index is 0.000460. The number of anilines is 1. The number of carbonyl (C=O) groups is 1. The van der Waals surface area contributed by atoms with Gasteiger partial charge in [-0.2, -0.15) is 0 Å². The first-order valence-corrected chi connectivity index (χ1v) is 8.47. The van der Waals surface area contributed by atoms with Crippen molar-refractivity contribution >= 4 is 33.2 Å². The maximum Gasteiger partial charge on any atom is 0.227 e. The predicted molar refractivity (Wildman–Crippen MR) is 79.4 cm³/mol. The van der Waals surface area contributed by atoms with Gasteiger partial charge in [0, 0.05) is 30.2 Å². The molecule has 1 aliphatic heterocycles. The molecule has 0 aromatic heterocycles. The Morgan fingerprint density at radius 2 is 2.00 bits per heavy atom. The summed E-state index contributed by atoms with van der Waals surface area (Å²) in [4.78, 5) is 13.6. The van der Waals surface area contributed by atoms with Crippen molar-refractivity contribution < 1.29 is 13.2 Å². The number of sulfonamides is 1. The van der Waals surface area contributed by atoms with Crippen LogP contribution in [0.3, 0.4) is 0 Å². The van der Waals surface area contributed by atoms with Crippen molar-refractivity contribution in [3.8, 4) is 0 Å². The summed E-state index contributed by atoms with van der Waals surface area (Å²) in [5.74, 6) is 0.0571. The zero-order valence-electron chi connectivity index (χ0n) is 11.2. The third-order valence-corrected chi connectivity index (χ3v) is 4.93. The zero-order valence-corrected chi connectivity index (χ0v) is 12.7. The quantitative estimate of drug-likeness (QED) is 0.898. The Bertz CT molecular complexity index is 586. The van der Waals surface area contributed by atoms with E-state index in [1.165, 1.54) is 0 Å². The number of hydrogen-bond acceptors (Lipinski definition) is 3. The van der Waals surface area contributed by atoms with Crippen LogP contribution < -0.4 is 9.62 Å². The van der Waals surface area contributed by atoms with Gasteiger partial charge in [0.1, 0.15) is 0 Å². The predicted octanol–water partition coefficient (Wildman–Crippen LogP) is 1.63. The third kappa shape index (κ3) is 3.71. The van der Waals surface area contributed by atoms with Crippen molar-refractivity contribution in [2.45, 2.75) is 13.3 Å². The number of halogens is 1. The normalized spacial score (nSPS) is 19.6. The Hall–Kier alpha value is -1.11. The molecule has 1 aliphatic rings. The van der Waals surface area contributed by atoms with Crippen LogP contribution in [0.25, 0.3) is 0 Å². The lowest BCUT2D eigenvalue weighted by molar-refractivity contribution is -0.117. The van der Waals surface area contributed by atoms with Crippen LogP contribution in [-0.4, -0.2) is 33.2 Å². The Labute approximate surface area is 124 Å². The molecule has 0 radical (unpaired) electrons. The van der Waals surface area contributed by atoms with Crippen molar-refractivity contribution in [2.24, 2.45) is 5.92 Å². The van der Waals surface area contributed by atoms with Crippen LogP contribution in [0.4, 0.5) is 5.69 Å².